The number of ether oxygens (including phenoxy) is 1. The van der Waals surface area contributed by atoms with Gasteiger partial charge in [-0.05, 0) is 48.0 Å². The quantitative estimate of drug-likeness (QED) is 0.292. The van der Waals surface area contributed by atoms with Crippen molar-refractivity contribution in [2.24, 2.45) is 0 Å². The predicted octanol–water partition coefficient (Wildman–Crippen LogP) is 5.86. The molecule has 0 bridgehead atoms. The number of benzene rings is 3. The van der Waals surface area contributed by atoms with E-state index in [1.807, 2.05) is 0 Å². The van der Waals surface area contributed by atoms with Crippen molar-refractivity contribution in [2.45, 2.75) is 6.04 Å². The van der Waals surface area contributed by atoms with Crippen LogP contribution in [0.5, 0.6) is 5.75 Å². The fourth-order valence-corrected chi connectivity index (χ4v) is 5.34. The highest BCUT2D eigenvalue weighted by molar-refractivity contribution is 7.22. The van der Waals surface area contributed by atoms with Crippen molar-refractivity contribution in [1.82, 2.24) is 4.98 Å². The maximum Gasteiger partial charge on any atom is 0.297 e. The van der Waals surface area contributed by atoms with E-state index in [4.69, 9.17) is 9.15 Å². The highest BCUT2D eigenvalue weighted by Gasteiger charge is 2.45. The van der Waals surface area contributed by atoms with Crippen LogP contribution in [0.2, 0.25) is 0 Å². The van der Waals surface area contributed by atoms with Gasteiger partial charge in [0.2, 0.25) is 5.76 Å². The largest absolute Gasteiger partial charge is 0.490 e. The molecule has 0 fully saturated rings. The standard InChI is InChI=1S/C27H17FN2O4S/c1-2-13-33-17-10-7-15(8-11-17)23-22-24(31)18-5-3-4-6-20(18)34-25(22)26(32)30(23)27-29-19-12-9-16(28)14-21(19)35-27/h2-12,14,23H,1,13H2/t23-/m1/s1. The van der Waals surface area contributed by atoms with E-state index in [2.05, 4.69) is 11.6 Å². The Balaban J connectivity index is 1.56. The smallest absolute Gasteiger partial charge is 0.297 e. The lowest BCUT2D eigenvalue weighted by molar-refractivity contribution is 0.0971. The number of carbonyl (C=O) groups excluding carboxylic acids is 1. The molecule has 35 heavy (non-hydrogen) atoms. The summed E-state index contributed by atoms with van der Waals surface area (Å²) in [7, 11) is 0. The first-order chi connectivity index (χ1) is 17.0. The van der Waals surface area contributed by atoms with E-state index in [1.165, 1.54) is 28.4 Å². The maximum absolute atomic E-state index is 13.8. The van der Waals surface area contributed by atoms with E-state index < -0.39 is 17.8 Å². The number of hydrogen-bond donors (Lipinski definition) is 0. The van der Waals surface area contributed by atoms with E-state index in [9.17, 15) is 14.0 Å². The lowest BCUT2D eigenvalue weighted by atomic mass is 9.98. The summed E-state index contributed by atoms with van der Waals surface area (Å²) >= 11 is 1.18. The number of anilines is 1. The van der Waals surface area contributed by atoms with Gasteiger partial charge >= 0.3 is 0 Å². The van der Waals surface area contributed by atoms with Crippen LogP contribution in [0.15, 0.2) is 88.6 Å². The fraction of sp³-hybridized carbons (Fsp3) is 0.0741. The normalized spacial score (nSPS) is 15.1. The van der Waals surface area contributed by atoms with Crippen LogP contribution >= 0.6 is 11.3 Å². The highest BCUT2D eigenvalue weighted by Crippen LogP contribution is 2.43. The minimum atomic E-state index is -0.766. The predicted molar refractivity (Wildman–Crippen MR) is 133 cm³/mol. The van der Waals surface area contributed by atoms with Crippen molar-refractivity contribution in [3.8, 4) is 5.75 Å². The Kier molecular flexibility index (Phi) is 4.96. The van der Waals surface area contributed by atoms with E-state index in [1.54, 1.807) is 60.7 Å². The van der Waals surface area contributed by atoms with Crippen molar-refractivity contribution in [2.75, 3.05) is 11.5 Å². The monoisotopic (exact) mass is 484 g/mol. The summed E-state index contributed by atoms with van der Waals surface area (Å²) in [5.41, 5.74) is 1.56. The minimum Gasteiger partial charge on any atom is -0.490 e. The van der Waals surface area contributed by atoms with Gasteiger partial charge < -0.3 is 9.15 Å². The maximum atomic E-state index is 13.8. The van der Waals surface area contributed by atoms with Crippen LogP contribution in [0.1, 0.15) is 27.7 Å². The molecule has 0 aliphatic carbocycles. The Morgan fingerprint density at radius 1 is 1.11 bits per heavy atom. The summed E-state index contributed by atoms with van der Waals surface area (Å²) in [5.74, 6) is -0.250. The first-order valence-corrected chi connectivity index (χ1v) is 11.7. The van der Waals surface area contributed by atoms with Crippen LogP contribution in [0, 0.1) is 5.82 Å². The summed E-state index contributed by atoms with van der Waals surface area (Å²) in [4.78, 5) is 33.3. The number of hydrogen-bond acceptors (Lipinski definition) is 6. The molecule has 2 aromatic heterocycles. The van der Waals surface area contributed by atoms with Crippen LogP contribution < -0.4 is 15.1 Å². The van der Waals surface area contributed by atoms with Gasteiger partial charge in [0.15, 0.2) is 10.6 Å². The van der Waals surface area contributed by atoms with Gasteiger partial charge in [0.05, 0.1) is 27.2 Å². The molecule has 6 nitrogen and oxygen atoms in total. The number of halogens is 1. The molecule has 8 heteroatoms. The van der Waals surface area contributed by atoms with Gasteiger partial charge in [-0.1, -0.05) is 48.3 Å². The molecule has 1 aliphatic rings. The number of para-hydroxylation sites is 1. The van der Waals surface area contributed by atoms with Crippen LogP contribution in [-0.2, 0) is 0 Å². The van der Waals surface area contributed by atoms with Crippen molar-refractivity contribution in [3.63, 3.8) is 0 Å². The lowest BCUT2D eigenvalue weighted by Gasteiger charge is -2.22. The molecule has 3 heterocycles. The molecule has 6 rings (SSSR count). The first-order valence-electron chi connectivity index (χ1n) is 10.8. The third-order valence-corrected chi connectivity index (χ3v) is 6.90. The molecule has 0 radical (unpaired) electrons. The number of amides is 1. The highest BCUT2D eigenvalue weighted by atomic mass is 32.1. The molecule has 0 unspecified atom stereocenters. The zero-order valence-electron chi connectivity index (χ0n) is 18.2. The number of nitrogens with zero attached hydrogens (tertiary/aromatic N) is 2. The van der Waals surface area contributed by atoms with Gasteiger partial charge in [-0.25, -0.2) is 9.37 Å². The summed E-state index contributed by atoms with van der Waals surface area (Å²) < 4.78 is 26.0. The van der Waals surface area contributed by atoms with Crippen LogP contribution in [0.4, 0.5) is 9.52 Å². The van der Waals surface area contributed by atoms with Gasteiger partial charge in [-0.2, -0.15) is 0 Å². The second-order valence-electron chi connectivity index (χ2n) is 8.03. The Hall–Kier alpha value is -4.30. The van der Waals surface area contributed by atoms with E-state index in [-0.39, 0.29) is 16.8 Å². The van der Waals surface area contributed by atoms with Crippen molar-refractivity contribution < 1.29 is 18.3 Å². The molecule has 1 amide bonds. The van der Waals surface area contributed by atoms with Gasteiger partial charge in [-0.15, -0.1) is 0 Å². The Labute approximate surface area is 202 Å². The lowest BCUT2D eigenvalue weighted by Crippen LogP contribution is -2.29. The van der Waals surface area contributed by atoms with Gasteiger partial charge in [0.25, 0.3) is 5.91 Å². The summed E-state index contributed by atoms with van der Waals surface area (Å²) in [5, 5.41) is 0.741. The number of fused-ring (bicyclic) bond motifs is 3. The second-order valence-corrected chi connectivity index (χ2v) is 9.03. The fourth-order valence-electron chi connectivity index (χ4n) is 4.32. The van der Waals surface area contributed by atoms with E-state index in [0.717, 1.165) is 0 Å². The molecule has 0 spiro atoms. The molecule has 3 aromatic carbocycles. The SMILES string of the molecule is C=CCOc1ccc([C@@H]2c3c(oc4ccccc4c3=O)C(=O)N2c2nc3ccc(F)cc3s2)cc1. The molecule has 0 N–H and O–H groups in total. The van der Waals surface area contributed by atoms with E-state index in [0.29, 0.717) is 44.2 Å². The summed E-state index contributed by atoms with van der Waals surface area (Å²) in [6, 6.07) is 17.5. The minimum absolute atomic E-state index is 0.0175. The topological polar surface area (TPSA) is 72.6 Å². The average molecular weight is 485 g/mol. The zero-order chi connectivity index (χ0) is 24.1. The molecular weight excluding hydrogens is 467 g/mol. The molecule has 0 saturated heterocycles. The van der Waals surface area contributed by atoms with Gasteiger partial charge in [0, 0.05) is 0 Å². The number of aromatic nitrogens is 1. The van der Waals surface area contributed by atoms with Gasteiger partial charge in [0.1, 0.15) is 23.8 Å². The third kappa shape index (κ3) is 3.41. The summed E-state index contributed by atoms with van der Waals surface area (Å²) in [6.07, 6.45) is 1.65. The summed E-state index contributed by atoms with van der Waals surface area (Å²) in [6.45, 7) is 4.00. The molecular formula is C27H17FN2O4S. The Morgan fingerprint density at radius 3 is 2.71 bits per heavy atom. The third-order valence-electron chi connectivity index (χ3n) is 5.89. The van der Waals surface area contributed by atoms with Crippen LogP contribution in [-0.4, -0.2) is 17.5 Å². The molecule has 172 valence electrons. The van der Waals surface area contributed by atoms with Crippen molar-refractivity contribution >= 4 is 43.6 Å². The van der Waals surface area contributed by atoms with E-state index >= 15 is 0 Å². The number of thiazole rings is 1. The number of rotatable bonds is 5. The zero-order valence-corrected chi connectivity index (χ0v) is 19.0. The Bertz CT molecular complexity index is 1690. The molecule has 1 aliphatic heterocycles. The second kappa shape index (κ2) is 8.18. The van der Waals surface area contributed by atoms with Crippen LogP contribution in [0.3, 0.4) is 0 Å². The average Bonchev–Trinajstić information content (AvgIpc) is 3.41. The van der Waals surface area contributed by atoms with Crippen LogP contribution in [0.25, 0.3) is 21.2 Å². The molecule has 0 saturated carbocycles. The van der Waals surface area contributed by atoms with Gasteiger partial charge in [-0.3, -0.25) is 14.5 Å². The first kappa shape index (κ1) is 21.2. The Morgan fingerprint density at radius 2 is 1.91 bits per heavy atom. The molecule has 1 atom stereocenters. The van der Waals surface area contributed by atoms with Crippen molar-refractivity contribution in [3.05, 3.63) is 112 Å². The molecule has 5 aromatic rings. The van der Waals surface area contributed by atoms with Crippen molar-refractivity contribution in [1.29, 1.82) is 0 Å². The number of carbonyl (C=O) groups is 1.